The first-order valence-electron chi connectivity index (χ1n) is 9.89. The molecule has 150 valence electrons. The zero-order valence-corrected chi connectivity index (χ0v) is 16.7. The Bertz CT molecular complexity index is 994. The summed E-state index contributed by atoms with van der Waals surface area (Å²) < 4.78 is 15.0. The van der Waals surface area contributed by atoms with Gasteiger partial charge in [-0.05, 0) is 79.1 Å². The molecule has 6 nitrogen and oxygen atoms in total. The van der Waals surface area contributed by atoms with Crippen LogP contribution < -0.4 is 0 Å². The topological polar surface area (TPSA) is 63.9 Å². The maximum atomic E-state index is 13.2. The number of ketones is 1. The molecule has 1 saturated heterocycles. The fourth-order valence-electron chi connectivity index (χ4n) is 4.08. The summed E-state index contributed by atoms with van der Waals surface area (Å²) in [6.07, 6.45) is 1.77. The van der Waals surface area contributed by atoms with Gasteiger partial charge in [-0.2, -0.15) is 4.68 Å². The van der Waals surface area contributed by atoms with Crippen molar-refractivity contribution in [1.29, 1.82) is 0 Å². The fraction of sp³-hybridized carbons (Fsp3) is 0.364. The van der Waals surface area contributed by atoms with Crippen molar-refractivity contribution in [2.24, 2.45) is 5.92 Å². The van der Waals surface area contributed by atoms with Gasteiger partial charge in [0.25, 0.3) is 0 Å². The van der Waals surface area contributed by atoms with Crippen molar-refractivity contribution >= 4 is 5.78 Å². The van der Waals surface area contributed by atoms with Gasteiger partial charge in [-0.1, -0.05) is 18.2 Å². The summed E-state index contributed by atoms with van der Waals surface area (Å²) in [6, 6.07) is 11.9. The van der Waals surface area contributed by atoms with E-state index in [0.717, 1.165) is 42.0 Å². The molecule has 0 N–H and O–H groups in total. The number of aromatic nitrogens is 4. The summed E-state index contributed by atoms with van der Waals surface area (Å²) in [4.78, 5) is 15.1. The second-order valence-electron chi connectivity index (χ2n) is 7.69. The van der Waals surface area contributed by atoms with Crippen LogP contribution in [0.4, 0.5) is 4.39 Å². The molecule has 0 amide bonds. The second-order valence-corrected chi connectivity index (χ2v) is 7.69. The Balaban J connectivity index is 1.50. The molecule has 0 radical (unpaired) electrons. The zero-order chi connectivity index (χ0) is 20.4. The molecule has 1 atom stereocenters. The third-order valence-corrected chi connectivity index (χ3v) is 5.56. The molecule has 7 heteroatoms. The average molecular weight is 393 g/mol. The minimum atomic E-state index is -0.329. The van der Waals surface area contributed by atoms with Crippen LogP contribution in [0.3, 0.4) is 0 Å². The predicted molar refractivity (Wildman–Crippen MR) is 107 cm³/mol. The number of rotatable bonds is 5. The molecular formula is C22H24FN5O. The van der Waals surface area contributed by atoms with E-state index in [4.69, 9.17) is 0 Å². The van der Waals surface area contributed by atoms with E-state index in [0.29, 0.717) is 18.7 Å². The Labute approximate surface area is 169 Å². The lowest BCUT2D eigenvalue weighted by atomic mass is 9.90. The van der Waals surface area contributed by atoms with E-state index in [1.807, 2.05) is 32.0 Å². The minimum absolute atomic E-state index is 0.0732. The van der Waals surface area contributed by atoms with Crippen LogP contribution >= 0.6 is 0 Å². The van der Waals surface area contributed by atoms with Crippen molar-refractivity contribution in [2.75, 3.05) is 13.1 Å². The van der Waals surface area contributed by atoms with E-state index in [9.17, 15) is 9.18 Å². The Kier molecular flexibility index (Phi) is 5.49. The van der Waals surface area contributed by atoms with Crippen LogP contribution in [0.2, 0.25) is 0 Å². The van der Waals surface area contributed by atoms with E-state index >= 15 is 0 Å². The third kappa shape index (κ3) is 4.10. The molecule has 1 aliphatic heterocycles. The van der Waals surface area contributed by atoms with Gasteiger partial charge >= 0.3 is 0 Å². The molecule has 0 saturated carbocycles. The van der Waals surface area contributed by atoms with Gasteiger partial charge < -0.3 is 0 Å². The highest BCUT2D eigenvalue weighted by Crippen LogP contribution is 2.24. The smallest absolute Gasteiger partial charge is 0.170 e. The van der Waals surface area contributed by atoms with Crippen molar-refractivity contribution in [2.45, 2.75) is 33.2 Å². The molecule has 1 aliphatic rings. The van der Waals surface area contributed by atoms with Crippen LogP contribution in [0.5, 0.6) is 0 Å². The highest BCUT2D eigenvalue weighted by Gasteiger charge is 2.28. The first-order chi connectivity index (χ1) is 14.0. The highest BCUT2D eigenvalue weighted by atomic mass is 19.1. The monoisotopic (exact) mass is 393 g/mol. The number of carbonyl (C=O) groups is 1. The molecule has 0 spiro atoms. The number of aryl methyl sites for hydroxylation is 2. The van der Waals surface area contributed by atoms with Gasteiger partial charge in [0.05, 0.1) is 12.2 Å². The van der Waals surface area contributed by atoms with E-state index in [-0.39, 0.29) is 17.5 Å². The standard InChI is InChI=1S/C22H24FN5O/c1-15-5-3-6-16(2)21(15)28-20(24-25-26-28)14-27-12-4-7-18(13-27)22(29)17-8-10-19(23)11-9-17/h3,5-6,8-11,18H,4,7,12-14H2,1-2H3. The van der Waals surface area contributed by atoms with Crippen LogP contribution in [0.1, 0.15) is 40.2 Å². The Hall–Kier alpha value is -2.93. The number of likely N-dealkylation sites (tertiary alicyclic amines) is 1. The number of tetrazole rings is 1. The van der Waals surface area contributed by atoms with Gasteiger partial charge in [0, 0.05) is 18.0 Å². The van der Waals surface area contributed by atoms with Crippen LogP contribution in [0, 0.1) is 25.6 Å². The average Bonchev–Trinajstić information content (AvgIpc) is 3.16. The number of hydrogen-bond donors (Lipinski definition) is 0. The maximum absolute atomic E-state index is 13.2. The number of halogens is 1. The van der Waals surface area contributed by atoms with Gasteiger partial charge in [0.1, 0.15) is 5.82 Å². The lowest BCUT2D eigenvalue weighted by molar-refractivity contribution is 0.0807. The normalized spacial score (nSPS) is 17.4. The number of hydrogen-bond acceptors (Lipinski definition) is 5. The van der Waals surface area contributed by atoms with Crippen molar-refractivity contribution in [1.82, 2.24) is 25.1 Å². The number of carbonyl (C=O) groups excluding carboxylic acids is 1. The molecule has 0 aliphatic carbocycles. The molecule has 2 heterocycles. The molecule has 0 bridgehead atoms. The summed E-state index contributed by atoms with van der Waals surface area (Å²) in [6.45, 7) is 6.22. The van der Waals surface area contributed by atoms with Crippen molar-refractivity contribution in [3.05, 3.63) is 70.8 Å². The molecule has 4 rings (SSSR count). The molecule has 1 aromatic heterocycles. The van der Waals surface area contributed by atoms with Crippen LogP contribution in [0.15, 0.2) is 42.5 Å². The van der Waals surface area contributed by atoms with E-state index in [1.54, 1.807) is 16.8 Å². The van der Waals surface area contributed by atoms with Gasteiger partial charge in [-0.3, -0.25) is 9.69 Å². The lowest BCUT2D eigenvalue weighted by Gasteiger charge is -2.31. The van der Waals surface area contributed by atoms with E-state index < -0.39 is 0 Å². The van der Waals surface area contributed by atoms with Crippen molar-refractivity contribution < 1.29 is 9.18 Å². The quantitative estimate of drug-likeness (QED) is 0.621. The predicted octanol–water partition coefficient (Wildman–Crippen LogP) is 3.51. The summed E-state index contributed by atoms with van der Waals surface area (Å²) in [5.74, 6) is 0.408. The SMILES string of the molecule is Cc1cccc(C)c1-n1nnnc1CN1CCCC(C(=O)c2ccc(F)cc2)C1. The van der Waals surface area contributed by atoms with Crippen molar-refractivity contribution in [3.63, 3.8) is 0 Å². The van der Waals surface area contributed by atoms with Crippen LogP contribution in [-0.4, -0.2) is 44.0 Å². The zero-order valence-electron chi connectivity index (χ0n) is 16.7. The Morgan fingerprint density at radius 1 is 1.14 bits per heavy atom. The molecule has 1 unspecified atom stereocenters. The van der Waals surface area contributed by atoms with Gasteiger partial charge in [0.2, 0.25) is 0 Å². The molecule has 1 fully saturated rings. The second kappa shape index (κ2) is 8.21. The van der Waals surface area contributed by atoms with Gasteiger partial charge in [-0.25, -0.2) is 4.39 Å². The largest absolute Gasteiger partial charge is 0.295 e. The fourth-order valence-corrected chi connectivity index (χ4v) is 4.08. The Morgan fingerprint density at radius 2 is 1.86 bits per heavy atom. The van der Waals surface area contributed by atoms with E-state index in [1.165, 1.54) is 12.1 Å². The van der Waals surface area contributed by atoms with Gasteiger partial charge in [0.15, 0.2) is 11.6 Å². The first-order valence-corrected chi connectivity index (χ1v) is 9.89. The highest BCUT2D eigenvalue weighted by molar-refractivity contribution is 5.98. The number of para-hydroxylation sites is 1. The molecule has 2 aromatic carbocycles. The number of benzene rings is 2. The Morgan fingerprint density at radius 3 is 2.59 bits per heavy atom. The maximum Gasteiger partial charge on any atom is 0.170 e. The number of piperidine rings is 1. The lowest BCUT2D eigenvalue weighted by Crippen LogP contribution is -2.38. The summed E-state index contributed by atoms with van der Waals surface area (Å²) in [7, 11) is 0. The van der Waals surface area contributed by atoms with E-state index in [2.05, 4.69) is 20.4 Å². The summed E-state index contributed by atoms with van der Waals surface area (Å²) in [5.41, 5.74) is 3.80. The minimum Gasteiger partial charge on any atom is -0.295 e. The summed E-state index contributed by atoms with van der Waals surface area (Å²) in [5, 5.41) is 12.3. The summed E-state index contributed by atoms with van der Waals surface area (Å²) >= 11 is 0. The first kappa shape index (κ1) is 19.4. The molecular weight excluding hydrogens is 369 g/mol. The van der Waals surface area contributed by atoms with Crippen LogP contribution in [-0.2, 0) is 6.54 Å². The number of Topliss-reactive ketones (excluding diaryl/α,β-unsaturated/α-hetero) is 1. The van der Waals surface area contributed by atoms with Crippen LogP contribution in [0.25, 0.3) is 5.69 Å². The molecule has 29 heavy (non-hydrogen) atoms. The number of nitrogens with zero attached hydrogens (tertiary/aromatic N) is 5. The van der Waals surface area contributed by atoms with Crippen molar-refractivity contribution in [3.8, 4) is 5.69 Å². The third-order valence-electron chi connectivity index (χ3n) is 5.56. The van der Waals surface area contributed by atoms with Gasteiger partial charge in [-0.15, -0.1) is 5.10 Å². The molecule has 3 aromatic rings.